The molecule has 0 amide bonds. The molecule has 0 bridgehead atoms. The van der Waals surface area contributed by atoms with Crippen LogP contribution in [-0.2, 0) is 9.53 Å². The highest BCUT2D eigenvalue weighted by Crippen LogP contribution is 2.59. The fourth-order valence-corrected chi connectivity index (χ4v) is 6.30. The first-order chi connectivity index (χ1) is 12.0. The quantitative estimate of drug-likeness (QED) is 0.592. The minimum atomic E-state index is -0.923. The van der Waals surface area contributed by atoms with Gasteiger partial charge in [0.15, 0.2) is 0 Å². The van der Waals surface area contributed by atoms with Crippen molar-refractivity contribution in [2.75, 3.05) is 6.61 Å². The van der Waals surface area contributed by atoms with Crippen LogP contribution < -0.4 is 0 Å². The molecule has 3 rings (SSSR count). The van der Waals surface area contributed by atoms with Gasteiger partial charge < -0.3 is 14.9 Å². The zero-order valence-electron chi connectivity index (χ0n) is 17.0. The highest BCUT2D eigenvalue weighted by Gasteiger charge is 2.55. The summed E-state index contributed by atoms with van der Waals surface area (Å²) >= 11 is 0. The summed E-state index contributed by atoms with van der Waals surface area (Å²) in [6.45, 7) is 10.6. The average molecular weight is 365 g/mol. The fourth-order valence-electron chi connectivity index (χ4n) is 6.30. The van der Waals surface area contributed by atoms with Gasteiger partial charge in [0.25, 0.3) is 0 Å². The molecule has 0 aliphatic heterocycles. The van der Waals surface area contributed by atoms with Crippen molar-refractivity contribution in [2.45, 2.75) is 78.4 Å². The Morgan fingerprint density at radius 2 is 2.08 bits per heavy atom. The highest BCUT2D eigenvalue weighted by molar-refractivity contribution is 5.65. The van der Waals surface area contributed by atoms with Crippen molar-refractivity contribution >= 4 is 5.97 Å². The molecule has 0 radical (unpaired) electrons. The summed E-state index contributed by atoms with van der Waals surface area (Å²) in [5.41, 5.74) is 0.722. The van der Waals surface area contributed by atoms with Gasteiger partial charge >= 0.3 is 5.97 Å². The van der Waals surface area contributed by atoms with E-state index in [2.05, 4.69) is 26.8 Å². The lowest BCUT2D eigenvalue weighted by Gasteiger charge is -2.43. The first kappa shape index (κ1) is 19.9. The summed E-state index contributed by atoms with van der Waals surface area (Å²) in [5, 5.41) is 22.0. The third kappa shape index (κ3) is 3.47. The van der Waals surface area contributed by atoms with E-state index in [0.717, 1.165) is 6.42 Å². The molecule has 0 aromatic carbocycles. The molecule has 26 heavy (non-hydrogen) atoms. The van der Waals surface area contributed by atoms with E-state index in [0.29, 0.717) is 31.3 Å². The van der Waals surface area contributed by atoms with Crippen LogP contribution >= 0.6 is 0 Å². The predicted molar refractivity (Wildman–Crippen MR) is 101 cm³/mol. The van der Waals surface area contributed by atoms with Crippen LogP contribution in [0.5, 0.6) is 0 Å². The number of esters is 1. The maximum atomic E-state index is 11.3. The normalized spacial score (nSPS) is 47.5. The monoisotopic (exact) mass is 364 g/mol. The maximum Gasteiger partial charge on any atom is 0.302 e. The molecule has 0 spiro atoms. The minimum absolute atomic E-state index is 0.125. The summed E-state index contributed by atoms with van der Waals surface area (Å²) in [6, 6.07) is 0. The van der Waals surface area contributed by atoms with Gasteiger partial charge in [0, 0.05) is 12.8 Å². The first-order valence-electron chi connectivity index (χ1n) is 10.3. The molecule has 0 aromatic heterocycles. The number of aliphatic hydroxyl groups excluding tert-OH is 1. The van der Waals surface area contributed by atoms with E-state index in [4.69, 9.17) is 4.74 Å². The molecule has 2 N–H and O–H groups in total. The molecule has 4 heteroatoms. The molecule has 2 saturated carbocycles. The Morgan fingerprint density at radius 3 is 2.69 bits per heavy atom. The molecular weight excluding hydrogens is 328 g/mol. The zero-order valence-corrected chi connectivity index (χ0v) is 17.0. The molecule has 3 aliphatic carbocycles. The zero-order chi connectivity index (χ0) is 19.3. The molecule has 0 heterocycles. The van der Waals surface area contributed by atoms with Crippen LogP contribution in [0.3, 0.4) is 0 Å². The SMILES string of the molecule is CC(=O)OC[C@@H]1C[C@@H](O)[C@@H]2[C@@H]1C[C@@]1(C)CC[C@H](C(C)C)/C1=C/C[C@]2(C)O. The van der Waals surface area contributed by atoms with E-state index >= 15 is 0 Å². The van der Waals surface area contributed by atoms with Crippen molar-refractivity contribution in [3.63, 3.8) is 0 Å². The van der Waals surface area contributed by atoms with Crippen LogP contribution in [0.15, 0.2) is 11.6 Å². The van der Waals surface area contributed by atoms with E-state index in [1.54, 1.807) is 0 Å². The Bertz CT molecular complexity index is 579. The molecule has 0 unspecified atom stereocenters. The van der Waals surface area contributed by atoms with Crippen molar-refractivity contribution in [3.05, 3.63) is 11.6 Å². The molecule has 0 saturated heterocycles. The highest BCUT2D eigenvalue weighted by atomic mass is 16.5. The second-order valence-electron chi connectivity index (χ2n) is 9.93. The lowest BCUT2D eigenvalue weighted by Crippen LogP contribution is -2.45. The van der Waals surface area contributed by atoms with Crippen LogP contribution in [0.2, 0.25) is 0 Å². The summed E-state index contributed by atoms with van der Waals surface area (Å²) in [7, 11) is 0. The summed E-state index contributed by atoms with van der Waals surface area (Å²) in [6.07, 6.45) is 6.31. The standard InChI is InChI=1S/C22H36O4/c1-13(2)16-6-8-21(4)11-17-15(12-26-14(3)23)10-19(24)20(17)22(5,25)9-7-18(16)21/h7,13,15-17,19-20,24-25H,6,8-12H2,1-5H3/b18-7-/t15-,16+,17+,19+,20-,21+,22-/m0/s1. The van der Waals surface area contributed by atoms with Crippen molar-refractivity contribution in [1.29, 1.82) is 0 Å². The largest absolute Gasteiger partial charge is 0.466 e. The van der Waals surface area contributed by atoms with Gasteiger partial charge in [-0.15, -0.1) is 0 Å². The summed E-state index contributed by atoms with van der Waals surface area (Å²) < 4.78 is 5.32. The number of allylic oxidation sites excluding steroid dienone is 1. The Hall–Kier alpha value is -0.870. The van der Waals surface area contributed by atoms with E-state index < -0.39 is 11.7 Å². The van der Waals surface area contributed by atoms with Gasteiger partial charge in [0.2, 0.25) is 0 Å². The third-order valence-corrected chi connectivity index (χ3v) is 7.57. The molecule has 3 aliphatic rings. The average Bonchev–Trinajstić information content (AvgIpc) is 2.99. The van der Waals surface area contributed by atoms with Gasteiger partial charge in [-0.1, -0.05) is 32.4 Å². The van der Waals surface area contributed by atoms with Crippen LogP contribution in [0.1, 0.15) is 66.7 Å². The molecule has 7 atom stereocenters. The number of ether oxygens (including phenoxy) is 1. The summed E-state index contributed by atoms with van der Waals surface area (Å²) in [5.74, 6) is 1.07. The lowest BCUT2D eigenvalue weighted by molar-refractivity contribution is -0.143. The number of aliphatic hydroxyl groups is 2. The molecule has 0 aromatic rings. The number of carbonyl (C=O) groups is 1. The van der Waals surface area contributed by atoms with Gasteiger partial charge in [-0.2, -0.15) is 0 Å². The van der Waals surface area contributed by atoms with Crippen molar-refractivity contribution in [1.82, 2.24) is 0 Å². The van der Waals surface area contributed by atoms with E-state index in [-0.39, 0.29) is 29.1 Å². The van der Waals surface area contributed by atoms with Gasteiger partial charge in [-0.05, 0) is 68.1 Å². The van der Waals surface area contributed by atoms with E-state index in [1.807, 2.05) is 6.92 Å². The number of hydrogen-bond acceptors (Lipinski definition) is 4. The van der Waals surface area contributed by atoms with E-state index in [9.17, 15) is 15.0 Å². The Morgan fingerprint density at radius 1 is 1.38 bits per heavy atom. The Balaban J connectivity index is 1.94. The van der Waals surface area contributed by atoms with Gasteiger partial charge in [-0.3, -0.25) is 4.79 Å². The van der Waals surface area contributed by atoms with Crippen molar-refractivity contribution in [2.24, 2.45) is 35.0 Å². The second kappa shape index (κ2) is 6.94. The molecule has 4 nitrogen and oxygen atoms in total. The van der Waals surface area contributed by atoms with Crippen LogP contribution in [-0.4, -0.2) is 34.5 Å². The number of carbonyl (C=O) groups excluding carboxylic acids is 1. The third-order valence-electron chi connectivity index (χ3n) is 7.57. The second-order valence-corrected chi connectivity index (χ2v) is 9.93. The smallest absolute Gasteiger partial charge is 0.302 e. The Labute approximate surface area is 158 Å². The maximum absolute atomic E-state index is 11.3. The molecule has 2 fully saturated rings. The van der Waals surface area contributed by atoms with Gasteiger partial charge in [0.1, 0.15) is 0 Å². The van der Waals surface area contributed by atoms with Crippen LogP contribution in [0.25, 0.3) is 0 Å². The van der Waals surface area contributed by atoms with Crippen LogP contribution in [0, 0.1) is 35.0 Å². The van der Waals surface area contributed by atoms with E-state index in [1.165, 1.54) is 25.3 Å². The lowest BCUT2D eigenvalue weighted by atomic mass is 9.64. The Kier molecular flexibility index (Phi) is 5.31. The van der Waals surface area contributed by atoms with Gasteiger partial charge in [0.05, 0.1) is 18.3 Å². The summed E-state index contributed by atoms with van der Waals surface area (Å²) in [4.78, 5) is 11.3. The van der Waals surface area contributed by atoms with Crippen molar-refractivity contribution < 1.29 is 19.7 Å². The molecular formula is C22H36O4. The molecule has 148 valence electrons. The number of rotatable bonds is 3. The number of hydrogen-bond donors (Lipinski definition) is 2. The van der Waals surface area contributed by atoms with Gasteiger partial charge in [-0.25, -0.2) is 0 Å². The van der Waals surface area contributed by atoms with Crippen molar-refractivity contribution in [3.8, 4) is 0 Å². The first-order valence-corrected chi connectivity index (χ1v) is 10.3. The topological polar surface area (TPSA) is 66.8 Å². The number of fused-ring (bicyclic) bond motifs is 2. The fraction of sp³-hybridized carbons (Fsp3) is 0.864. The van der Waals surface area contributed by atoms with Crippen LogP contribution in [0.4, 0.5) is 0 Å². The predicted octanol–water partition coefficient (Wildman–Crippen LogP) is 3.71. The minimum Gasteiger partial charge on any atom is -0.466 e.